The molecule has 0 aromatic carbocycles. The van der Waals surface area contributed by atoms with Crippen molar-refractivity contribution in [2.45, 2.75) is 18.0 Å². The van der Waals surface area contributed by atoms with E-state index in [4.69, 9.17) is 5.73 Å². The molecule has 19 heavy (non-hydrogen) atoms. The molecule has 0 unspecified atom stereocenters. The van der Waals surface area contributed by atoms with Crippen molar-refractivity contribution >= 4 is 21.4 Å². The lowest BCUT2D eigenvalue weighted by molar-refractivity contribution is 0.577. The number of nitrogens with two attached hydrogens (primary N) is 1. The predicted molar refractivity (Wildman–Crippen MR) is 73.1 cm³/mol. The third kappa shape index (κ3) is 3.80. The highest BCUT2D eigenvalue weighted by molar-refractivity contribution is 7.89. The van der Waals surface area contributed by atoms with Crippen molar-refractivity contribution in [3.63, 3.8) is 0 Å². The fourth-order valence-corrected chi connectivity index (χ4v) is 3.01. The van der Waals surface area contributed by atoms with Gasteiger partial charge in [-0.25, -0.2) is 23.1 Å². The molecule has 0 atom stereocenters. The molecule has 8 heteroatoms. The average Bonchev–Trinajstić information content (AvgIpc) is 2.92. The van der Waals surface area contributed by atoms with Gasteiger partial charge in [-0.05, 0) is 11.6 Å². The van der Waals surface area contributed by atoms with Gasteiger partial charge in [0.15, 0.2) is 5.03 Å². The van der Waals surface area contributed by atoms with E-state index in [0.29, 0.717) is 19.5 Å². The van der Waals surface area contributed by atoms with Crippen LogP contribution in [0.25, 0.3) is 0 Å². The SMILES string of the molecule is NCc1ccc(S(=O)(=O)NCCc2nccs2)nc1. The summed E-state index contributed by atoms with van der Waals surface area (Å²) < 4.78 is 26.4. The van der Waals surface area contributed by atoms with E-state index in [1.165, 1.54) is 23.6 Å². The lowest BCUT2D eigenvalue weighted by Crippen LogP contribution is -2.26. The molecular weight excluding hydrogens is 284 g/mol. The minimum atomic E-state index is -3.56. The van der Waals surface area contributed by atoms with Gasteiger partial charge in [-0.1, -0.05) is 6.07 Å². The Morgan fingerprint density at radius 2 is 2.16 bits per heavy atom. The average molecular weight is 298 g/mol. The molecule has 0 bridgehead atoms. The van der Waals surface area contributed by atoms with E-state index in [0.717, 1.165) is 10.6 Å². The van der Waals surface area contributed by atoms with E-state index in [-0.39, 0.29) is 5.03 Å². The first-order valence-corrected chi connectivity index (χ1v) is 8.01. The molecule has 102 valence electrons. The Morgan fingerprint density at radius 1 is 1.32 bits per heavy atom. The van der Waals surface area contributed by atoms with Crippen molar-refractivity contribution in [1.29, 1.82) is 0 Å². The first-order chi connectivity index (χ1) is 9.12. The van der Waals surface area contributed by atoms with Crippen LogP contribution in [0.5, 0.6) is 0 Å². The Balaban J connectivity index is 1.97. The first kappa shape index (κ1) is 14.1. The molecular formula is C11H14N4O2S2. The van der Waals surface area contributed by atoms with Crippen molar-refractivity contribution in [2.24, 2.45) is 5.73 Å². The normalized spacial score (nSPS) is 11.6. The maximum Gasteiger partial charge on any atom is 0.258 e. The molecule has 6 nitrogen and oxygen atoms in total. The van der Waals surface area contributed by atoms with Gasteiger partial charge < -0.3 is 5.73 Å². The molecule has 0 saturated heterocycles. The molecule has 2 aromatic rings. The molecule has 0 radical (unpaired) electrons. The van der Waals surface area contributed by atoms with Crippen LogP contribution in [0.15, 0.2) is 34.9 Å². The number of sulfonamides is 1. The third-order valence-corrected chi connectivity index (χ3v) is 4.64. The van der Waals surface area contributed by atoms with Crippen LogP contribution in [-0.4, -0.2) is 24.9 Å². The zero-order valence-electron chi connectivity index (χ0n) is 10.1. The van der Waals surface area contributed by atoms with Crippen molar-refractivity contribution in [1.82, 2.24) is 14.7 Å². The molecule has 0 amide bonds. The van der Waals surface area contributed by atoms with Gasteiger partial charge in [0.1, 0.15) is 0 Å². The Morgan fingerprint density at radius 3 is 2.74 bits per heavy atom. The van der Waals surface area contributed by atoms with Gasteiger partial charge in [-0.2, -0.15) is 0 Å². The van der Waals surface area contributed by atoms with Gasteiger partial charge in [0.2, 0.25) is 0 Å². The highest BCUT2D eigenvalue weighted by Gasteiger charge is 2.14. The summed E-state index contributed by atoms with van der Waals surface area (Å²) in [6.07, 6.45) is 3.73. The largest absolute Gasteiger partial charge is 0.326 e. The summed E-state index contributed by atoms with van der Waals surface area (Å²) in [6.45, 7) is 0.640. The standard InChI is InChI=1S/C11H14N4O2S2/c12-7-9-1-2-11(14-8-9)19(16,17)15-4-3-10-13-5-6-18-10/h1-2,5-6,8,15H,3-4,7,12H2. The summed E-state index contributed by atoms with van der Waals surface area (Å²) in [4.78, 5) is 7.98. The number of pyridine rings is 1. The minimum Gasteiger partial charge on any atom is -0.326 e. The van der Waals surface area contributed by atoms with Crippen LogP contribution in [0.1, 0.15) is 10.6 Å². The van der Waals surface area contributed by atoms with Gasteiger partial charge in [-0.15, -0.1) is 11.3 Å². The molecule has 0 saturated carbocycles. The van der Waals surface area contributed by atoms with Crippen LogP contribution in [0.4, 0.5) is 0 Å². The maximum absolute atomic E-state index is 11.9. The van der Waals surface area contributed by atoms with Crippen LogP contribution < -0.4 is 10.5 Å². The van der Waals surface area contributed by atoms with Crippen LogP contribution in [0.3, 0.4) is 0 Å². The highest BCUT2D eigenvalue weighted by Crippen LogP contribution is 2.07. The van der Waals surface area contributed by atoms with Crippen molar-refractivity contribution in [3.8, 4) is 0 Å². The molecule has 0 aliphatic carbocycles. The Hall–Kier alpha value is -1.35. The molecule has 0 spiro atoms. The Kier molecular flexibility index (Phi) is 4.59. The second-order valence-corrected chi connectivity index (χ2v) is 6.48. The molecule has 0 fully saturated rings. The monoisotopic (exact) mass is 298 g/mol. The zero-order valence-corrected chi connectivity index (χ0v) is 11.7. The van der Waals surface area contributed by atoms with E-state index < -0.39 is 10.0 Å². The fourth-order valence-electron chi connectivity index (χ4n) is 1.43. The molecule has 3 N–H and O–H groups in total. The van der Waals surface area contributed by atoms with E-state index in [2.05, 4.69) is 14.7 Å². The zero-order chi connectivity index (χ0) is 13.7. The van der Waals surface area contributed by atoms with Gasteiger partial charge >= 0.3 is 0 Å². The van der Waals surface area contributed by atoms with Crippen LogP contribution in [0.2, 0.25) is 0 Å². The summed E-state index contributed by atoms with van der Waals surface area (Å²) in [7, 11) is -3.56. The number of nitrogens with one attached hydrogen (secondary N) is 1. The van der Waals surface area contributed by atoms with Gasteiger partial charge in [-0.3, -0.25) is 0 Å². The third-order valence-electron chi connectivity index (χ3n) is 2.42. The summed E-state index contributed by atoms with van der Waals surface area (Å²) in [5, 5.41) is 2.76. The predicted octanol–water partition coefficient (Wildman–Crippen LogP) is 0.518. The summed E-state index contributed by atoms with van der Waals surface area (Å²) in [5.41, 5.74) is 6.23. The lowest BCUT2D eigenvalue weighted by atomic mass is 10.3. The Labute approximate surface area is 115 Å². The number of aromatic nitrogens is 2. The van der Waals surface area contributed by atoms with Crippen molar-refractivity contribution in [2.75, 3.05) is 6.54 Å². The maximum atomic E-state index is 11.9. The quantitative estimate of drug-likeness (QED) is 0.810. The number of nitrogens with zero attached hydrogens (tertiary/aromatic N) is 2. The van der Waals surface area contributed by atoms with E-state index >= 15 is 0 Å². The van der Waals surface area contributed by atoms with E-state index in [1.54, 1.807) is 12.3 Å². The second-order valence-electron chi connectivity index (χ2n) is 3.78. The number of hydrogen-bond acceptors (Lipinski definition) is 6. The highest BCUT2D eigenvalue weighted by atomic mass is 32.2. The number of rotatable bonds is 6. The van der Waals surface area contributed by atoms with Gasteiger partial charge in [0, 0.05) is 37.3 Å². The Bertz CT molecular complexity index is 609. The first-order valence-electron chi connectivity index (χ1n) is 5.65. The molecule has 2 rings (SSSR count). The van der Waals surface area contributed by atoms with E-state index in [9.17, 15) is 8.42 Å². The van der Waals surface area contributed by atoms with Gasteiger partial charge in [0.05, 0.1) is 5.01 Å². The van der Waals surface area contributed by atoms with Crippen molar-refractivity contribution < 1.29 is 8.42 Å². The lowest BCUT2D eigenvalue weighted by Gasteiger charge is -2.05. The fraction of sp³-hybridized carbons (Fsp3) is 0.273. The topological polar surface area (TPSA) is 98.0 Å². The van der Waals surface area contributed by atoms with Crippen LogP contribution in [-0.2, 0) is 23.0 Å². The van der Waals surface area contributed by atoms with Crippen LogP contribution in [0, 0.1) is 0 Å². The number of hydrogen-bond donors (Lipinski definition) is 2. The van der Waals surface area contributed by atoms with Crippen molar-refractivity contribution in [3.05, 3.63) is 40.5 Å². The molecule has 0 aliphatic rings. The smallest absolute Gasteiger partial charge is 0.258 e. The summed E-state index contributed by atoms with van der Waals surface area (Å²) in [5.74, 6) is 0. The molecule has 0 aliphatic heterocycles. The number of thiazole rings is 1. The van der Waals surface area contributed by atoms with Crippen LogP contribution >= 0.6 is 11.3 Å². The molecule has 2 aromatic heterocycles. The summed E-state index contributed by atoms with van der Waals surface area (Å²) in [6, 6.07) is 3.11. The summed E-state index contributed by atoms with van der Waals surface area (Å²) >= 11 is 1.50. The van der Waals surface area contributed by atoms with E-state index in [1.807, 2.05) is 5.38 Å². The minimum absolute atomic E-state index is 0.00355. The van der Waals surface area contributed by atoms with Gasteiger partial charge in [0.25, 0.3) is 10.0 Å². The molecule has 2 heterocycles. The second kappa shape index (κ2) is 6.20.